The summed E-state index contributed by atoms with van der Waals surface area (Å²) in [5.74, 6) is 0.440. The van der Waals surface area contributed by atoms with E-state index < -0.39 is 9.84 Å². The summed E-state index contributed by atoms with van der Waals surface area (Å²) in [6.45, 7) is 0. The van der Waals surface area contributed by atoms with Crippen molar-refractivity contribution >= 4 is 15.7 Å². The number of benzene rings is 1. The minimum Gasteiger partial charge on any atom is -0.384 e. The van der Waals surface area contributed by atoms with Gasteiger partial charge in [-0.3, -0.25) is 0 Å². The molecule has 2 aromatic rings. The predicted octanol–water partition coefficient (Wildman–Crippen LogP) is 1.73. The van der Waals surface area contributed by atoms with Crippen LogP contribution in [0.25, 0.3) is 11.3 Å². The average molecular weight is 248 g/mol. The quantitative estimate of drug-likeness (QED) is 0.878. The third-order valence-electron chi connectivity index (χ3n) is 2.35. The highest BCUT2D eigenvalue weighted by molar-refractivity contribution is 7.90. The Kier molecular flexibility index (Phi) is 2.85. The smallest absolute Gasteiger partial charge is 0.175 e. The molecule has 88 valence electrons. The Morgan fingerprint density at radius 1 is 1.06 bits per heavy atom. The van der Waals surface area contributed by atoms with Gasteiger partial charge in [0.2, 0.25) is 0 Å². The van der Waals surface area contributed by atoms with E-state index in [9.17, 15) is 8.42 Å². The standard InChI is InChI=1S/C12H12N2O2S/c1-17(15,16)10-7-5-9(6-8-10)11-3-2-4-12(13)14-11/h2-8H,1H3,(H2,13,14). The fourth-order valence-corrected chi connectivity index (χ4v) is 2.12. The lowest BCUT2D eigenvalue weighted by Gasteiger charge is -2.03. The first-order valence-electron chi connectivity index (χ1n) is 5.00. The maximum absolute atomic E-state index is 11.3. The summed E-state index contributed by atoms with van der Waals surface area (Å²) in [6, 6.07) is 11.9. The lowest BCUT2D eigenvalue weighted by atomic mass is 10.1. The second-order valence-electron chi connectivity index (χ2n) is 3.74. The first kappa shape index (κ1) is 11.6. The van der Waals surface area contributed by atoms with Gasteiger partial charge in [-0.05, 0) is 24.3 Å². The highest BCUT2D eigenvalue weighted by Crippen LogP contribution is 2.20. The van der Waals surface area contributed by atoms with Gasteiger partial charge in [-0.25, -0.2) is 13.4 Å². The molecule has 0 fully saturated rings. The molecule has 17 heavy (non-hydrogen) atoms. The largest absolute Gasteiger partial charge is 0.384 e. The number of nitrogens with zero attached hydrogens (tertiary/aromatic N) is 1. The van der Waals surface area contributed by atoms with Gasteiger partial charge >= 0.3 is 0 Å². The summed E-state index contributed by atoms with van der Waals surface area (Å²) in [7, 11) is -3.16. The summed E-state index contributed by atoms with van der Waals surface area (Å²) < 4.78 is 22.6. The fraction of sp³-hybridized carbons (Fsp3) is 0.0833. The number of rotatable bonds is 2. The number of anilines is 1. The summed E-state index contributed by atoms with van der Waals surface area (Å²) in [6.07, 6.45) is 1.18. The van der Waals surface area contributed by atoms with E-state index in [2.05, 4.69) is 4.98 Å². The monoisotopic (exact) mass is 248 g/mol. The van der Waals surface area contributed by atoms with Crippen molar-refractivity contribution < 1.29 is 8.42 Å². The van der Waals surface area contributed by atoms with Gasteiger partial charge in [0.05, 0.1) is 10.6 Å². The van der Waals surface area contributed by atoms with E-state index in [1.807, 2.05) is 12.1 Å². The summed E-state index contributed by atoms with van der Waals surface area (Å²) >= 11 is 0. The van der Waals surface area contributed by atoms with E-state index in [4.69, 9.17) is 5.73 Å². The first-order chi connectivity index (χ1) is 7.97. The fourth-order valence-electron chi connectivity index (χ4n) is 1.49. The van der Waals surface area contributed by atoms with Crippen molar-refractivity contribution in [3.05, 3.63) is 42.5 Å². The molecule has 0 atom stereocenters. The number of sulfone groups is 1. The molecular weight excluding hydrogens is 236 g/mol. The third-order valence-corrected chi connectivity index (χ3v) is 3.48. The zero-order valence-corrected chi connectivity index (χ0v) is 10.1. The van der Waals surface area contributed by atoms with E-state index >= 15 is 0 Å². The van der Waals surface area contributed by atoms with Gasteiger partial charge in [-0.2, -0.15) is 0 Å². The SMILES string of the molecule is CS(=O)(=O)c1ccc(-c2cccc(N)n2)cc1. The molecule has 1 heterocycles. The van der Waals surface area contributed by atoms with Crippen LogP contribution in [0.5, 0.6) is 0 Å². The topological polar surface area (TPSA) is 73.0 Å². The van der Waals surface area contributed by atoms with Crippen LogP contribution in [-0.2, 0) is 9.84 Å². The molecule has 0 aliphatic carbocycles. The Labute approximate surface area is 100 Å². The Morgan fingerprint density at radius 3 is 2.24 bits per heavy atom. The molecular formula is C12H12N2O2S. The molecule has 4 nitrogen and oxygen atoms in total. The molecule has 0 unspecified atom stereocenters. The highest BCUT2D eigenvalue weighted by atomic mass is 32.2. The van der Waals surface area contributed by atoms with Crippen LogP contribution in [-0.4, -0.2) is 19.7 Å². The molecule has 0 radical (unpaired) electrons. The molecule has 0 saturated heterocycles. The molecule has 0 aliphatic rings. The molecule has 2 rings (SSSR count). The summed E-state index contributed by atoms with van der Waals surface area (Å²) in [5, 5.41) is 0. The molecule has 5 heteroatoms. The van der Waals surface area contributed by atoms with Crippen molar-refractivity contribution in [1.29, 1.82) is 0 Å². The van der Waals surface area contributed by atoms with Crippen LogP contribution in [0.4, 0.5) is 5.82 Å². The maximum Gasteiger partial charge on any atom is 0.175 e. The van der Waals surface area contributed by atoms with Crippen LogP contribution in [0.1, 0.15) is 0 Å². The Balaban J connectivity index is 2.43. The van der Waals surface area contributed by atoms with Crippen molar-refractivity contribution in [1.82, 2.24) is 4.98 Å². The van der Waals surface area contributed by atoms with E-state index in [0.717, 1.165) is 11.3 Å². The Morgan fingerprint density at radius 2 is 1.71 bits per heavy atom. The zero-order valence-electron chi connectivity index (χ0n) is 9.29. The summed E-state index contributed by atoms with van der Waals surface area (Å²) in [4.78, 5) is 4.46. The number of hydrogen-bond donors (Lipinski definition) is 1. The molecule has 0 saturated carbocycles. The lowest BCUT2D eigenvalue weighted by Crippen LogP contribution is -1.96. The molecule has 0 amide bonds. The molecule has 2 N–H and O–H groups in total. The van der Waals surface area contributed by atoms with E-state index in [1.165, 1.54) is 6.26 Å². The normalized spacial score (nSPS) is 11.4. The minimum atomic E-state index is -3.16. The van der Waals surface area contributed by atoms with Crippen molar-refractivity contribution in [2.75, 3.05) is 12.0 Å². The van der Waals surface area contributed by atoms with Crippen molar-refractivity contribution in [3.8, 4) is 11.3 Å². The lowest BCUT2D eigenvalue weighted by molar-refractivity contribution is 0.602. The van der Waals surface area contributed by atoms with Gasteiger partial charge < -0.3 is 5.73 Å². The van der Waals surface area contributed by atoms with Crippen LogP contribution in [0, 0.1) is 0 Å². The maximum atomic E-state index is 11.3. The predicted molar refractivity (Wildman–Crippen MR) is 67.2 cm³/mol. The van der Waals surface area contributed by atoms with Crippen LogP contribution < -0.4 is 5.73 Å². The molecule has 0 aliphatic heterocycles. The van der Waals surface area contributed by atoms with Crippen molar-refractivity contribution in [3.63, 3.8) is 0 Å². The zero-order chi connectivity index (χ0) is 12.5. The van der Waals surface area contributed by atoms with Crippen LogP contribution in [0.3, 0.4) is 0 Å². The minimum absolute atomic E-state index is 0.296. The van der Waals surface area contributed by atoms with E-state index in [0.29, 0.717) is 10.7 Å². The molecule has 0 spiro atoms. The second kappa shape index (κ2) is 4.18. The Hall–Kier alpha value is -1.88. The number of nitrogens with two attached hydrogens (primary N) is 1. The van der Waals surface area contributed by atoms with Crippen LogP contribution >= 0.6 is 0 Å². The number of nitrogen functional groups attached to an aromatic ring is 1. The van der Waals surface area contributed by atoms with Gasteiger partial charge in [0.15, 0.2) is 9.84 Å². The van der Waals surface area contributed by atoms with Crippen molar-refractivity contribution in [2.24, 2.45) is 0 Å². The first-order valence-corrected chi connectivity index (χ1v) is 6.89. The number of pyridine rings is 1. The van der Waals surface area contributed by atoms with Crippen molar-refractivity contribution in [2.45, 2.75) is 4.90 Å². The van der Waals surface area contributed by atoms with Gasteiger partial charge in [-0.15, -0.1) is 0 Å². The van der Waals surface area contributed by atoms with Crippen LogP contribution in [0.15, 0.2) is 47.4 Å². The average Bonchev–Trinajstić information content (AvgIpc) is 2.28. The highest BCUT2D eigenvalue weighted by Gasteiger charge is 2.07. The molecule has 0 bridgehead atoms. The molecule has 1 aromatic carbocycles. The second-order valence-corrected chi connectivity index (χ2v) is 5.76. The summed E-state index contributed by atoms with van der Waals surface area (Å²) in [5.41, 5.74) is 7.15. The van der Waals surface area contributed by atoms with Gasteiger partial charge in [0.25, 0.3) is 0 Å². The van der Waals surface area contributed by atoms with E-state index in [1.54, 1.807) is 30.3 Å². The van der Waals surface area contributed by atoms with Gasteiger partial charge in [0, 0.05) is 11.8 Å². The van der Waals surface area contributed by atoms with Crippen LogP contribution in [0.2, 0.25) is 0 Å². The van der Waals surface area contributed by atoms with Gasteiger partial charge in [0.1, 0.15) is 5.82 Å². The van der Waals surface area contributed by atoms with E-state index in [-0.39, 0.29) is 0 Å². The molecule has 1 aromatic heterocycles. The third kappa shape index (κ3) is 2.62. The number of aromatic nitrogens is 1. The van der Waals surface area contributed by atoms with Gasteiger partial charge in [-0.1, -0.05) is 18.2 Å². The Bertz CT molecular complexity index is 634. The number of hydrogen-bond acceptors (Lipinski definition) is 4.